The first-order chi connectivity index (χ1) is 38.5. The van der Waals surface area contributed by atoms with Crippen LogP contribution in [0.5, 0.6) is 0 Å². The van der Waals surface area contributed by atoms with E-state index in [1.165, 1.54) is 295 Å². The zero-order chi connectivity index (χ0) is 56.4. The van der Waals surface area contributed by atoms with Crippen LogP contribution in [0.25, 0.3) is 0 Å². The Bertz CT molecular complexity index is 1260. The number of carbonyl (C=O) groups is 3. The standard InChI is InChI=1S/C72H136O6/c1-4-7-10-13-16-19-22-24-26-28-30-31-32-33-34-35-36-37-38-39-40-41-42-44-45-47-50-53-56-59-62-65-71(74)77-68-69(67-76-70(73)64-61-58-55-52-49-21-18-15-12-9-6-3)78-72(75)66-63-60-57-54-51-48-46-43-29-27-25-23-20-17-14-11-8-5-2/h22,24,28,30,69H,4-21,23,25-27,29,31-68H2,1-3H3/b24-22-,30-28-. The normalized spacial score (nSPS) is 12.1. The summed E-state index contributed by atoms with van der Waals surface area (Å²) in [4.78, 5) is 38.3. The summed E-state index contributed by atoms with van der Waals surface area (Å²) in [6.07, 6.45) is 82.2. The maximum atomic E-state index is 12.9. The van der Waals surface area contributed by atoms with Crippen LogP contribution in [0.15, 0.2) is 24.3 Å². The summed E-state index contributed by atoms with van der Waals surface area (Å²) in [5.74, 6) is -0.831. The van der Waals surface area contributed by atoms with Gasteiger partial charge in [-0.1, -0.05) is 353 Å². The van der Waals surface area contributed by atoms with E-state index < -0.39 is 6.10 Å². The lowest BCUT2D eigenvalue weighted by Gasteiger charge is -2.18. The number of hydrogen-bond donors (Lipinski definition) is 0. The van der Waals surface area contributed by atoms with Gasteiger partial charge >= 0.3 is 17.9 Å². The van der Waals surface area contributed by atoms with Gasteiger partial charge in [-0.2, -0.15) is 0 Å². The minimum Gasteiger partial charge on any atom is -0.462 e. The fourth-order valence-corrected chi connectivity index (χ4v) is 10.9. The Morgan fingerprint density at radius 2 is 0.462 bits per heavy atom. The maximum absolute atomic E-state index is 12.9. The molecule has 0 aromatic heterocycles. The molecule has 0 bridgehead atoms. The number of carbonyl (C=O) groups excluding carboxylic acids is 3. The Morgan fingerprint density at radius 3 is 0.705 bits per heavy atom. The largest absolute Gasteiger partial charge is 0.462 e. The van der Waals surface area contributed by atoms with Crippen molar-refractivity contribution in [3.63, 3.8) is 0 Å². The van der Waals surface area contributed by atoms with Crippen molar-refractivity contribution >= 4 is 17.9 Å². The van der Waals surface area contributed by atoms with Crippen LogP contribution in [-0.4, -0.2) is 37.2 Å². The molecule has 0 amide bonds. The van der Waals surface area contributed by atoms with Gasteiger partial charge in [0.2, 0.25) is 0 Å². The third-order valence-corrected chi connectivity index (χ3v) is 16.2. The van der Waals surface area contributed by atoms with Crippen molar-refractivity contribution in [2.24, 2.45) is 0 Å². The molecular weight excluding hydrogens is 961 g/mol. The van der Waals surface area contributed by atoms with Crippen molar-refractivity contribution < 1.29 is 28.6 Å². The average molecular weight is 1100 g/mol. The van der Waals surface area contributed by atoms with Crippen LogP contribution in [0.3, 0.4) is 0 Å². The Kier molecular flexibility index (Phi) is 65.6. The lowest BCUT2D eigenvalue weighted by atomic mass is 10.0. The van der Waals surface area contributed by atoms with Crippen LogP contribution in [0.4, 0.5) is 0 Å². The molecule has 0 aliphatic carbocycles. The van der Waals surface area contributed by atoms with Crippen molar-refractivity contribution in [1.29, 1.82) is 0 Å². The minimum atomic E-state index is -0.765. The van der Waals surface area contributed by atoms with Crippen molar-refractivity contribution in [3.05, 3.63) is 24.3 Å². The lowest BCUT2D eigenvalue weighted by Crippen LogP contribution is -2.30. The molecule has 0 heterocycles. The number of allylic oxidation sites excluding steroid dienone is 4. The van der Waals surface area contributed by atoms with E-state index in [1.807, 2.05) is 0 Å². The maximum Gasteiger partial charge on any atom is 0.306 e. The molecule has 6 heteroatoms. The van der Waals surface area contributed by atoms with Gasteiger partial charge < -0.3 is 14.2 Å². The third-order valence-electron chi connectivity index (χ3n) is 16.2. The molecule has 0 saturated carbocycles. The molecule has 0 aromatic rings. The Morgan fingerprint density at radius 1 is 0.256 bits per heavy atom. The van der Waals surface area contributed by atoms with Crippen LogP contribution >= 0.6 is 0 Å². The highest BCUT2D eigenvalue weighted by Crippen LogP contribution is 2.19. The highest BCUT2D eigenvalue weighted by Gasteiger charge is 2.19. The first-order valence-electron chi connectivity index (χ1n) is 35.3. The molecule has 6 nitrogen and oxygen atoms in total. The first-order valence-corrected chi connectivity index (χ1v) is 35.3. The fraction of sp³-hybridized carbons (Fsp3) is 0.903. The highest BCUT2D eigenvalue weighted by molar-refractivity contribution is 5.71. The zero-order valence-corrected chi connectivity index (χ0v) is 53.0. The van der Waals surface area contributed by atoms with Crippen molar-refractivity contribution in [3.8, 4) is 0 Å². The molecule has 0 aromatic carbocycles. The molecule has 1 atom stereocenters. The summed E-state index contributed by atoms with van der Waals surface area (Å²) in [7, 11) is 0. The number of ether oxygens (including phenoxy) is 3. The molecule has 0 fully saturated rings. The van der Waals surface area contributed by atoms with Crippen LogP contribution in [-0.2, 0) is 28.6 Å². The molecule has 1 unspecified atom stereocenters. The van der Waals surface area contributed by atoms with Crippen molar-refractivity contribution in [2.75, 3.05) is 13.2 Å². The smallest absolute Gasteiger partial charge is 0.306 e. The van der Waals surface area contributed by atoms with Gasteiger partial charge in [0, 0.05) is 19.3 Å². The van der Waals surface area contributed by atoms with E-state index in [-0.39, 0.29) is 31.1 Å². The van der Waals surface area contributed by atoms with E-state index in [1.54, 1.807) is 0 Å². The molecule has 0 aliphatic heterocycles. The highest BCUT2D eigenvalue weighted by atomic mass is 16.6. The molecule has 0 radical (unpaired) electrons. The Hall–Kier alpha value is -2.11. The van der Waals surface area contributed by atoms with Crippen molar-refractivity contribution in [2.45, 2.75) is 406 Å². The predicted octanol–water partition coefficient (Wildman–Crippen LogP) is 24.2. The first kappa shape index (κ1) is 75.9. The monoisotopic (exact) mass is 1100 g/mol. The van der Waals surface area contributed by atoms with E-state index >= 15 is 0 Å². The Balaban J connectivity index is 4.09. The summed E-state index contributed by atoms with van der Waals surface area (Å²) in [6, 6.07) is 0. The minimum absolute atomic E-state index is 0.0633. The SMILES string of the molecule is CCCCCCC/C=C\C/C=C\CCCCCCCCCCCCCCCCCCCCCC(=O)OCC(COC(=O)CCCCCCCCCCCCC)OC(=O)CCCCCCCCCCCCCCCCCCCC. The van der Waals surface area contributed by atoms with Crippen LogP contribution in [0.1, 0.15) is 400 Å². The lowest BCUT2D eigenvalue weighted by molar-refractivity contribution is -0.167. The second-order valence-corrected chi connectivity index (χ2v) is 24.2. The van der Waals surface area contributed by atoms with E-state index in [4.69, 9.17) is 14.2 Å². The number of unbranched alkanes of at least 4 members (excludes halogenated alkanes) is 51. The van der Waals surface area contributed by atoms with Gasteiger partial charge in [-0.25, -0.2) is 0 Å². The van der Waals surface area contributed by atoms with Gasteiger partial charge in [0.1, 0.15) is 13.2 Å². The van der Waals surface area contributed by atoms with Gasteiger partial charge in [-0.05, 0) is 51.4 Å². The van der Waals surface area contributed by atoms with E-state index in [0.29, 0.717) is 19.3 Å². The molecule has 0 aliphatic rings. The zero-order valence-electron chi connectivity index (χ0n) is 53.0. The summed E-state index contributed by atoms with van der Waals surface area (Å²) < 4.78 is 17.0. The van der Waals surface area contributed by atoms with Gasteiger partial charge in [-0.15, -0.1) is 0 Å². The van der Waals surface area contributed by atoms with Gasteiger partial charge in [-0.3, -0.25) is 14.4 Å². The predicted molar refractivity (Wildman–Crippen MR) is 340 cm³/mol. The van der Waals surface area contributed by atoms with Gasteiger partial charge in [0.25, 0.3) is 0 Å². The van der Waals surface area contributed by atoms with E-state index in [2.05, 4.69) is 45.1 Å². The summed E-state index contributed by atoms with van der Waals surface area (Å²) in [5.41, 5.74) is 0. The summed E-state index contributed by atoms with van der Waals surface area (Å²) >= 11 is 0. The molecular formula is C72H136O6. The molecule has 460 valence electrons. The molecule has 0 N–H and O–H groups in total. The summed E-state index contributed by atoms with van der Waals surface area (Å²) in [6.45, 7) is 6.70. The third kappa shape index (κ3) is 64.7. The molecule has 0 saturated heterocycles. The quantitative estimate of drug-likeness (QED) is 0.0261. The van der Waals surface area contributed by atoms with E-state index in [9.17, 15) is 14.4 Å². The van der Waals surface area contributed by atoms with Crippen LogP contribution < -0.4 is 0 Å². The fourth-order valence-electron chi connectivity index (χ4n) is 10.9. The van der Waals surface area contributed by atoms with Crippen LogP contribution in [0.2, 0.25) is 0 Å². The van der Waals surface area contributed by atoms with Gasteiger partial charge in [0.05, 0.1) is 0 Å². The molecule has 0 spiro atoms. The average Bonchev–Trinajstić information content (AvgIpc) is 3.44. The number of rotatable bonds is 66. The topological polar surface area (TPSA) is 78.9 Å². The number of hydrogen-bond acceptors (Lipinski definition) is 6. The van der Waals surface area contributed by atoms with Crippen molar-refractivity contribution in [1.82, 2.24) is 0 Å². The molecule has 0 rings (SSSR count). The van der Waals surface area contributed by atoms with E-state index in [0.717, 1.165) is 64.2 Å². The second kappa shape index (κ2) is 67.4. The van der Waals surface area contributed by atoms with Crippen LogP contribution in [0, 0.1) is 0 Å². The second-order valence-electron chi connectivity index (χ2n) is 24.2. The number of esters is 3. The molecule has 78 heavy (non-hydrogen) atoms. The summed E-state index contributed by atoms with van der Waals surface area (Å²) in [5, 5.41) is 0. The van der Waals surface area contributed by atoms with Gasteiger partial charge in [0.15, 0.2) is 6.10 Å². The Labute approximate surface area is 487 Å².